The standard InChI is InChI=1S/C17H20FN3O2/c1-10-8-11(2)19-15(9-10)21-17(23)20-12(3)16(22)13-4-6-14(18)7-5-13/h4-9,12,16,22H,1-3H3,(H2,19,20,21,23)/t12-,16-/m0/s1. The molecule has 0 saturated heterocycles. The number of nitrogens with zero attached hydrogens (tertiary/aromatic N) is 1. The Morgan fingerprint density at radius 3 is 2.48 bits per heavy atom. The maximum absolute atomic E-state index is 12.9. The zero-order valence-electron chi connectivity index (χ0n) is 13.3. The predicted octanol–water partition coefficient (Wildman–Crippen LogP) is 3.08. The number of anilines is 1. The summed E-state index contributed by atoms with van der Waals surface area (Å²) in [7, 11) is 0. The Labute approximate surface area is 134 Å². The zero-order valence-corrected chi connectivity index (χ0v) is 13.3. The molecule has 1 aromatic carbocycles. The van der Waals surface area contributed by atoms with Gasteiger partial charge in [0.05, 0.1) is 12.1 Å². The summed E-state index contributed by atoms with van der Waals surface area (Å²) in [6, 6.07) is 8.17. The third-order valence-corrected chi connectivity index (χ3v) is 3.38. The van der Waals surface area contributed by atoms with Crippen LogP contribution in [0.2, 0.25) is 0 Å². The molecule has 0 aliphatic carbocycles. The molecule has 2 amide bonds. The lowest BCUT2D eigenvalue weighted by atomic mass is 10.0. The maximum atomic E-state index is 12.9. The number of amides is 2. The molecule has 5 nitrogen and oxygen atoms in total. The fourth-order valence-corrected chi connectivity index (χ4v) is 2.29. The van der Waals surface area contributed by atoms with E-state index in [-0.39, 0.29) is 5.82 Å². The minimum atomic E-state index is -0.937. The van der Waals surface area contributed by atoms with E-state index in [9.17, 15) is 14.3 Å². The summed E-state index contributed by atoms with van der Waals surface area (Å²) in [5.74, 6) is 0.0728. The first-order valence-electron chi connectivity index (χ1n) is 7.31. The summed E-state index contributed by atoms with van der Waals surface area (Å²) >= 11 is 0. The number of urea groups is 1. The molecule has 0 aliphatic heterocycles. The van der Waals surface area contributed by atoms with Crippen LogP contribution < -0.4 is 10.6 Å². The number of aromatic nitrogens is 1. The summed E-state index contributed by atoms with van der Waals surface area (Å²) in [5.41, 5.74) is 2.33. The van der Waals surface area contributed by atoms with Crippen LogP contribution in [0.3, 0.4) is 0 Å². The maximum Gasteiger partial charge on any atom is 0.320 e. The van der Waals surface area contributed by atoms with Gasteiger partial charge in [0, 0.05) is 5.69 Å². The monoisotopic (exact) mass is 317 g/mol. The van der Waals surface area contributed by atoms with Gasteiger partial charge >= 0.3 is 6.03 Å². The van der Waals surface area contributed by atoms with Crippen LogP contribution in [-0.4, -0.2) is 22.2 Å². The van der Waals surface area contributed by atoms with Crippen molar-refractivity contribution in [1.29, 1.82) is 0 Å². The lowest BCUT2D eigenvalue weighted by Crippen LogP contribution is -2.39. The molecule has 0 aliphatic rings. The van der Waals surface area contributed by atoms with Gasteiger partial charge < -0.3 is 10.4 Å². The number of halogens is 1. The lowest BCUT2D eigenvalue weighted by molar-refractivity contribution is 0.139. The summed E-state index contributed by atoms with van der Waals surface area (Å²) in [6.45, 7) is 5.43. The van der Waals surface area contributed by atoms with E-state index in [0.29, 0.717) is 11.4 Å². The van der Waals surface area contributed by atoms with Crippen molar-refractivity contribution in [2.75, 3.05) is 5.32 Å². The quantitative estimate of drug-likeness (QED) is 0.811. The second-order valence-corrected chi connectivity index (χ2v) is 5.55. The molecule has 3 N–H and O–H groups in total. The van der Waals surface area contributed by atoms with E-state index in [0.717, 1.165) is 11.3 Å². The Morgan fingerprint density at radius 2 is 1.87 bits per heavy atom. The van der Waals surface area contributed by atoms with Crippen molar-refractivity contribution in [2.24, 2.45) is 0 Å². The molecule has 0 bridgehead atoms. The number of benzene rings is 1. The fourth-order valence-electron chi connectivity index (χ4n) is 2.29. The molecular weight excluding hydrogens is 297 g/mol. The van der Waals surface area contributed by atoms with E-state index in [1.807, 2.05) is 19.9 Å². The highest BCUT2D eigenvalue weighted by Gasteiger charge is 2.18. The van der Waals surface area contributed by atoms with E-state index in [2.05, 4.69) is 15.6 Å². The van der Waals surface area contributed by atoms with Crippen molar-refractivity contribution in [3.05, 3.63) is 59.0 Å². The number of carbonyl (C=O) groups excluding carboxylic acids is 1. The van der Waals surface area contributed by atoms with E-state index in [1.54, 1.807) is 13.0 Å². The Kier molecular flexibility index (Phi) is 5.28. The number of rotatable bonds is 4. The van der Waals surface area contributed by atoms with E-state index < -0.39 is 18.2 Å². The average Bonchev–Trinajstić information content (AvgIpc) is 2.45. The van der Waals surface area contributed by atoms with Crippen molar-refractivity contribution < 1.29 is 14.3 Å². The Balaban J connectivity index is 1.97. The van der Waals surface area contributed by atoms with Crippen LogP contribution in [0.4, 0.5) is 15.0 Å². The number of aryl methyl sites for hydroxylation is 2. The van der Waals surface area contributed by atoms with Crippen LogP contribution in [0.5, 0.6) is 0 Å². The number of nitrogens with one attached hydrogen (secondary N) is 2. The highest BCUT2D eigenvalue weighted by molar-refractivity contribution is 5.88. The molecule has 0 radical (unpaired) electrons. The molecular formula is C17H20FN3O2. The van der Waals surface area contributed by atoms with Gasteiger partial charge in [-0.2, -0.15) is 0 Å². The smallest absolute Gasteiger partial charge is 0.320 e. The predicted molar refractivity (Wildman–Crippen MR) is 86.7 cm³/mol. The van der Waals surface area contributed by atoms with E-state index in [1.165, 1.54) is 24.3 Å². The molecule has 2 aromatic rings. The van der Waals surface area contributed by atoms with Gasteiger partial charge in [-0.25, -0.2) is 14.2 Å². The topological polar surface area (TPSA) is 74.2 Å². The first kappa shape index (κ1) is 16.9. The van der Waals surface area contributed by atoms with Gasteiger partial charge in [-0.1, -0.05) is 12.1 Å². The molecule has 2 atom stereocenters. The molecule has 1 heterocycles. The van der Waals surface area contributed by atoms with Crippen molar-refractivity contribution in [3.63, 3.8) is 0 Å². The number of pyridine rings is 1. The number of aliphatic hydroxyl groups is 1. The van der Waals surface area contributed by atoms with Gasteiger partial charge in [0.15, 0.2) is 0 Å². The van der Waals surface area contributed by atoms with Crippen LogP contribution in [-0.2, 0) is 0 Å². The third-order valence-electron chi connectivity index (χ3n) is 3.38. The number of carbonyl (C=O) groups is 1. The lowest BCUT2D eigenvalue weighted by Gasteiger charge is -2.21. The van der Waals surface area contributed by atoms with Gasteiger partial charge in [0.1, 0.15) is 11.6 Å². The molecule has 23 heavy (non-hydrogen) atoms. The Bertz CT molecular complexity index is 668. The summed E-state index contributed by atoms with van der Waals surface area (Å²) in [6.07, 6.45) is -0.937. The zero-order chi connectivity index (χ0) is 17.0. The van der Waals surface area contributed by atoms with Crippen LogP contribution >= 0.6 is 0 Å². The van der Waals surface area contributed by atoms with E-state index >= 15 is 0 Å². The number of hydrogen-bond donors (Lipinski definition) is 3. The van der Waals surface area contributed by atoms with Crippen LogP contribution in [0.1, 0.15) is 29.8 Å². The van der Waals surface area contributed by atoms with Crippen LogP contribution in [0.15, 0.2) is 36.4 Å². The first-order valence-corrected chi connectivity index (χ1v) is 7.31. The summed E-state index contributed by atoms with van der Waals surface area (Å²) in [5, 5.41) is 15.5. The molecule has 122 valence electrons. The Hall–Kier alpha value is -2.47. The molecule has 1 aromatic heterocycles. The van der Waals surface area contributed by atoms with Crippen molar-refractivity contribution in [2.45, 2.75) is 32.9 Å². The first-order chi connectivity index (χ1) is 10.8. The van der Waals surface area contributed by atoms with Gasteiger partial charge in [-0.3, -0.25) is 5.32 Å². The molecule has 0 unspecified atom stereocenters. The van der Waals surface area contributed by atoms with Gasteiger partial charge in [-0.15, -0.1) is 0 Å². The largest absolute Gasteiger partial charge is 0.386 e. The molecule has 0 spiro atoms. The van der Waals surface area contributed by atoms with E-state index in [4.69, 9.17) is 0 Å². The Morgan fingerprint density at radius 1 is 1.22 bits per heavy atom. The SMILES string of the molecule is Cc1cc(C)nc(NC(=O)N[C@@H](C)[C@H](O)c2ccc(F)cc2)c1. The molecule has 2 rings (SSSR count). The summed E-state index contributed by atoms with van der Waals surface area (Å²) < 4.78 is 12.9. The second kappa shape index (κ2) is 7.19. The number of hydrogen-bond acceptors (Lipinski definition) is 3. The third kappa shape index (κ3) is 4.75. The minimum absolute atomic E-state index is 0.375. The molecule has 0 saturated carbocycles. The minimum Gasteiger partial charge on any atom is -0.386 e. The van der Waals surface area contributed by atoms with Gasteiger partial charge in [0.2, 0.25) is 0 Å². The van der Waals surface area contributed by atoms with Crippen LogP contribution in [0, 0.1) is 19.7 Å². The van der Waals surface area contributed by atoms with Crippen LogP contribution in [0.25, 0.3) is 0 Å². The summed E-state index contributed by atoms with van der Waals surface area (Å²) in [4.78, 5) is 16.2. The van der Waals surface area contributed by atoms with Gasteiger partial charge in [-0.05, 0) is 56.2 Å². The van der Waals surface area contributed by atoms with Gasteiger partial charge in [0.25, 0.3) is 0 Å². The average molecular weight is 317 g/mol. The fraction of sp³-hybridized carbons (Fsp3) is 0.294. The normalized spacial score (nSPS) is 13.3. The van der Waals surface area contributed by atoms with Crippen molar-refractivity contribution in [1.82, 2.24) is 10.3 Å². The molecule has 0 fully saturated rings. The second-order valence-electron chi connectivity index (χ2n) is 5.55. The highest BCUT2D eigenvalue weighted by Crippen LogP contribution is 2.17. The highest BCUT2D eigenvalue weighted by atomic mass is 19.1. The van der Waals surface area contributed by atoms with Crippen molar-refractivity contribution in [3.8, 4) is 0 Å². The van der Waals surface area contributed by atoms with Crippen molar-refractivity contribution >= 4 is 11.8 Å². The number of aliphatic hydroxyl groups excluding tert-OH is 1. The molecule has 6 heteroatoms.